The first-order valence-corrected chi connectivity index (χ1v) is 8.92. The van der Waals surface area contributed by atoms with E-state index in [-0.39, 0.29) is 5.56 Å². The lowest BCUT2D eigenvalue weighted by Gasteiger charge is -2.13. The molecular formula is C21H18F3N3O3. The Morgan fingerprint density at radius 3 is 2.33 bits per heavy atom. The van der Waals surface area contributed by atoms with Crippen LogP contribution in [0.2, 0.25) is 0 Å². The lowest BCUT2D eigenvalue weighted by atomic mass is 10.1. The lowest BCUT2D eigenvalue weighted by molar-refractivity contribution is -0.137. The van der Waals surface area contributed by atoms with Crippen molar-refractivity contribution in [3.8, 4) is 5.69 Å². The number of carbonyl (C=O) groups is 2. The summed E-state index contributed by atoms with van der Waals surface area (Å²) >= 11 is 0. The van der Waals surface area contributed by atoms with Gasteiger partial charge in [-0.25, -0.2) is 9.48 Å². The first kappa shape index (κ1) is 21.1. The summed E-state index contributed by atoms with van der Waals surface area (Å²) in [4.78, 5) is 24.1. The molecule has 1 aromatic heterocycles. The standard InChI is InChI=1S/C21H18F3N3O3/c1-13-11-14(2)27(26-13)16-9-7-15(8-10-16)20(29)30-12-19(28)25-18-6-4-3-5-17(18)21(22,23)24/h3-11H,12H2,1-2H3,(H,25,28). The molecule has 6 nitrogen and oxygen atoms in total. The summed E-state index contributed by atoms with van der Waals surface area (Å²) in [6.45, 7) is 3.05. The molecule has 3 rings (SSSR count). The van der Waals surface area contributed by atoms with Crippen molar-refractivity contribution < 1.29 is 27.5 Å². The minimum Gasteiger partial charge on any atom is -0.452 e. The van der Waals surface area contributed by atoms with E-state index in [1.165, 1.54) is 24.3 Å². The number of benzene rings is 2. The van der Waals surface area contributed by atoms with E-state index in [0.29, 0.717) is 0 Å². The fourth-order valence-electron chi connectivity index (χ4n) is 2.87. The van der Waals surface area contributed by atoms with Crippen LogP contribution < -0.4 is 5.32 Å². The summed E-state index contributed by atoms with van der Waals surface area (Å²) in [6, 6.07) is 12.9. The fourth-order valence-corrected chi connectivity index (χ4v) is 2.87. The van der Waals surface area contributed by atoms with E-state index in [1.54, 1.807) is 16.8 Å². The monoisotopic (exact) mass is 417 g/mol. The Morgan fingerprint density at radius 2 is 1.73 bits per heavy atom. The number of para-hydroxylation sites is 1. The van der Waals surface area contributed by atoms with Gasteiger partial charge in [0.2, 0.25) is 0 Å². The molecule has 0 saturated heterocycles. The molecule has 0 bridgehead atoms. The highest BCUT2D eigenvalue weighted by atomic mass is 19.4. The molecule has 0 aliphatic heterocycles. The summed E-state index contributed by atoms with van der Waals surface area (Å²) in [7, 11) is 0. The van der Waals surface area contributed by atoms with Gasteiger partial charge in [-0.15, -0.1) is 0 Å². The molecule has 0 radical (unpaired) electrons. The van der Waals surface area contributed by atoms with Gasteiger partial charge in [0.1, 0.15) is 0 Å². The number of anilines is 1. The normalized spacial score (nSPS) is 11.2. The molecule has 2 aromatic carbocycles. The number of hydrogen-bond donors (Lipinski definition) is 1. The Morgan fingerprint density at radius 1 is 1.07 bits per heavy atom. The van der Waals surface area contributed by atoms with E-state index < -0.39 is 35.9 Å². The van der Waals surface area contributed by atoms with Crippen molar-refractivity contribution in [2.75, 3.05) is 11.9 Å². The second-order valence-electron chi connectivity index (χ2n) is 6.55. The topological polar surface area (TPSA) is 73.2 Å². The number of hydrogen-bond acceptors (Lipinski definition) is 4. The largest absolute Gasteiger partial charge is 0.452 e. The molecule has 0 aliphatic carbocycles. The van der Waals surface area contributed by atoms with Gasteiger partial charge in [-0.2, -0.15) is 18.3 Å². The third kappa shape index (κ3) is 4.86. The maximum absolute atomic E-state index is 13.0. The number of esters is 1. The Bertz CT molecular complexity index is 1070. The maximum Gasteiger partial charge on any atom is 0.418 e. The summed E-state index contributed by atoms with van der Waals surface area (Å²) in [5.74, 6) is -1.64. The van der Waals surface area contributed by atoms with Crippen molar-refractivity contribution in [1.29, 1.82) is 0 Å². The van der Waals surface area contributed by atoms with Crippen LogP contribution in [0.1, 0.15) is 27.3 Å². The van der Waals surface area contributed by atoms with Crippen molar-refractivity contribution in [3.63, 3.8) is 0 Å². The predicted molar refractivity (Wildman–Crippen MR) is 103 cm³/mol. The second kappa shape index (κ2) is 8.40. The van der Waals surface area contributed by atoms with Gasteiger partial charge in [0.15, 0.2) is 6.61 Å². The zero-order chi connectivity index (χ0) is 21.9. The number of aromatic nitrogens is 2. The minimum atomic E-state index is -4.62. The van der Waals surface area contributed by atoms with Gasteiger partial charge in [-0.1, -0.05) is 12.1 Å². The van der Waals surface area contributed by atoms with Crippen LogP contribution in [0.3, 0.4) is 0 Å². The molecule has 0 aliphatic rings. The van der Waals surface area contributed by atoms with Crippen LogP contribution in [0.25, 0.3) is 5.69 Å². The minimum absolute atomic E-state index is 0.198. The van der Waals surface area contributed by atoms with Gasteiger partial charge in [-0.05, 0) is 56.3 Å². The molecule has 1 N–H and O–H groups in total. The molecule has 0 fully saturated rings. The average molecular weight is 417 g/mol. The number of halogens is 3. The highest BCUT2D eigenvalue weighted by Crippen LogP contribution is 2.34. The Balaban J connectivity index is 1.61. The highest BCUT2D eigenvalue weighted by molar-refractivity contribution is 5.96. The summed E-state index contributed by atoms with van der Waals surface area (Å²) in [6.07, 6.45) is -4.62. The molecule has 0 spiro atoms. The van der Waals surface area contributed by atoms with Crippen molar-refractivity contribution >= 4 is 17.6 Å². The number of carbonyl (C=O) groups excluding carboxylic acids is 2. The van der Waals surface area contributed by atoms with Crippen LogP contribution >= 0.6 is 0 Å². The van der Waals surface area contributed by atoms with E-state index >= 15 is 0 Å². The predicted octanol–water partition coefficient (Wildman–Crippen LogP) is 4.30. The molecule has 9 heteroatoms. The van der Waals surface area contributed by atoms with Crippen molar-refractivity contribution in [3.05, 3.63) is 77.1 Å². The van der Waals surface area contributed by atoms with Crippen LogP contribution in [-0.2, 0) is 15.7 Å². The lowest BCUT2D eigenvalue weighted by Crippen LogP contribution is -2.22. The molecular weight excluding hydrogens is 399 g/mol. The van der Waals surface area contributed by atoms with Gasteiger partial charge in [0.25, 0.3) is 5.91 Å². The molecule has 0 unspecified atom stereocenters. The number of aryl methyl sites for hydroxylation is 2. The number of rotatable bonds is 5. The first-order valence-electron chi connectivity index (χ1n) is 8.92. The zero-order valence-electron chi connectivity index (χ0n) is 16.2. The van der Waals surface area contributed by atoms with Gasteiger partial charge >= 0.3 is 12.1 Å². The number of ether oxygens (including phenoxy) is 1. The first-order chi connectivity index (χ1) is 14.1. The molecule has 156 valence electrons. The van der Waals surface area contributed by atoms with Crippen LogP contribution in [-0.4, -0.2) is 28.3 Å². The molecule has 30 heavy (non-hydrogen) atoms. The smallest absolute Gasteiger partial charge is 0.418 e. The van der Waals surface area contributed by atoms with E-state index in [4.69, 9.17) is 4.74 Å². The Kier molecular flexibility index (Phi) is 5.91. The van der Waals surface area contributed by atoms with Crippen LogP contribution in [0.15, 0.2) is 54.6 Å². The van der Waals surface area contributed by atoms with Crippen LogP contribution in [0.4, 0.5) is 18.9 Å². The number of nitrogens with one attached hydrogen (secondary N) is 1. The molecule has 0 atom stereocenters. The Labute approximate surface area is 170 Å². The van der Waals surface area contributed by atoms with Crippen molar-refractivity contribution in [2.24, 2.45) is 0 Å². The SMILES string of the molecule is Cc1cc(C)n(-c2ccc(C(=O)OCC(=O)Nc3ccccc3C(F)(F)F)cc2)n1. The van der Waals surface area contributed by atoms with Gasteiger partial charge < -0.3 is 10.1 Å². The van der Waals surface area contributed by atoms with E-state index in [1.807, 2.05) is 19.9 Å². The quantitative estimate of drug-likeness (QED) is 0.628. The summed E-state index contributed by atoms with van der Waals surface area (Å²) in [5, 5.41) is 6.46. The number of amides is 1. The molecule has 1 heterocycles. The van der Waals surface area contributed by atoms with Crippen molar-refractivity contribution in [1.82, 2.24) is 9.78 Å². The summed E-state index contributed by atoms with van der Waals surface area (Å²) in [5.41, 5.74) is 1.35. The van der Waals surface area contributed by atoms with E-state index in [0.717, 1.165) is 29.2 Å². The maximum atomic E-state index is 13.0. The number of nitrogens with zero attached hydrogens (tertiary/aromatic N) is 2. The molecule has 1 amide bonds. The molecule has 0 saturated carbocycles. The van der Waals surface area contributed by atoms with E-state index in [9.17, 15) is 22.8 Å². The third-order valence-electron chi connectivity index (χ3n) is 4.20. The van der Waals surface area contributed by atoms with Crippen LogP contribution in [0, 0.1) is 13.8 Å². The summed E-state index contributed by atoms with van der Waals surface area (Å²) < 4.78 is 45.5. The van der Waals surface area contributed by atoms with Gasteiger partial charge in [-0.3, -0.25) is 4.79 Å². The van der Waals surface area contributed by atoms with Gasteiger partial charge in [0.05, 0.1) is 28.2 Å². The van der Waals surface area contributed by atoms with Gasteiger partial charge in [0, 0.05) is 5.69 Å². The van der Waals surface area contributed by atoms with Crippen molar-refractivity contribution in [2.45, 2.75) is 20.0 Å². The van der Waals surface area contributed by atoms with Crippen LogP contribution in [0.5, 0.6) is 0 Å². The van der Waals surface area contributed by atoms with E-state index in [2.05, 4.69) is 10.4 Å². The highest BCUT2D eigenvalue weighted by Gasteiger charge is 2.33. The third-order valence-corrected chi connectivity index (χ3v) is 4.20. The second-order valence-corrected chi connectivity index (χ2v) is 6.55. The zero-order valence-corrected chi connectivity index (χ0v) is 16.2. The Hall–Kier alpha value is -3.62. The number of alkyl halides is 3. The average Bonchev–Trinajstić information content (AvgIpc) is 3.04. The molecule has 3 aromatic rings. The fraction of sp³-hybridized carbons (Fsp3) is 0.190.